The van der Waals surface area contributed by atoms with Crippen LogP contribution < -0.4 is 5.32 Å². The van der Waals surface area contributed by atoms with Crippen molar-refractivity contribution in [3.05, 3.63) is 41.5 Å². The van der Waals surface area contributed by atoms with Crippen molar-refractivity contribution in [2.45, 2.75) is 27.2 Å². The summed E-state index contributed by atoms with van der Waals surface area (Å²) in [6.07, 6.45) is 2.57. The molecule has 1 N–H and O–H groups in total. The largest absolute Gasteiger partial charge is 0.323 e. The Bertz CT molecular complexity index is 376. The van der Waals surface area contributed by atoms with E-state index < -0.39 is 0 Å². The van der Waals surface area contributed by atoms with E-state index >= 15 is 0 Å². The Morgan fingerprint density at radius 3 is 2.73 bits per heavy atom. The van der Waals surface area contributed by atoms with Gasteiger partial charge in [-0.15, -0.1) is 0 Å². The monoisotopic (exact) mass is 203 g/mol. The molecule has 1 aromatic rings. The van der Waals surface area contributed by atoms with Crippen LogP contribution in [0.25, 0.3) is 0 Å². The van der Waals surface area contributed by atoms with E-state index in [1.54, 1.807) is 6.08 Å². The molecule has 0 radical (unpaired) electrons. The SMILES string of the molecule is CCc1cccc(NC(=O)C=C(C)C)c1. The van der Waals surface area contributed by atoms with E-state index in [0.717, 1.165) is 17.7 Å². The highest BCUT2D eigenvalue weighted by Gasteiger charge is 1.98. The number of amides is 1. The van der Waals surface area contributed by atoms with Gasteiger partial charge in [0.25, 0.3) is 0 Å². The van der Waals surface area contributed by atoms with Crippen molar-refractivity contribution in [3.63, 3.8) is 0 Å². The highest BCUT2D eigenvalue weighted by atomic mass is 16.1. The summed E-state index contributed by atoms with van der Waals surface area (Å²) in [6, 6.07) is 7.90. The van der Waals surface area contributed by atoms with E-state index in [1.807, 2.05) is 32.0 Å². The first-order chi connectivity index (χ1) is 7.11. The van der Waals surface area contributed by atoms with E-state index in [2.05, 4.69) is 18.3 Å². The Hall–Kier alpha value is -1.57. The third-order valence-corrected chi connectivity index (χ3v) is 2.02. The number of rotatable bonds is 3. The first-order valence-corrected chi connectivity index (χ1v) is 5.16. The molecule has 0 bridgehead atoms. The lowest BCUT2D eigenvalue weighted by molar-refractivity contribution is -0.111. The highest BCUT2D eigenvalue weighted by molar-refractivity contribution is 5.99. The summed E-state index contributed by atoms with van der Waals surface area (Å²) in [5.41, 5.74) is 3.08. The van der Waals surface area contributed by atoms with Gasteiger partial charge in [-0.1, -0.05) is 24.6 Å². The summed E-state index contributed by atoms with van der Waals surface area (Å²) in [5, 5.41) is 2.83. The molecule has 0 aliphatic rings. The second-order valence-electron chi connectivity index (χ2n) is 3.76. The van der Waals surface area contributed by atoms with Gasteiger partial charge >= 0.3 is 0 Å². The fourth-order valence-corrected chi connectivity index (χ4v) is 1.31. The Kier molecular flexibility index (Phi) is 4.10. The lowest BCUT2D eigenvalue weighted by Crippen LogP contribution is -2.08. The molecule has 0 aliphatic carbocycles. The minimum Gasteiger partial charge on any atom is -0.323 e. The van der Waals surface area contributed by atoms with Gasteiger partial charge < -0.3 is 5.32 Å². The zero-order chi connectivity index (χ0) is 11.3. The summed E-state index contributed by atoms with van der Waals surface area (Å²) < 4.78 is 0. The second-order valence-corrected chi connectivity index (χ2v) is 3.76. The maximum absolute atomic E-state index is 11.4. The van der Waals surface area contributed by atoms with Crippen molar-refractivity contribution >= 4 is 11.6 Å². The zero-order valence-corrected chi connectivity index (χ0v) is 9.50. The van der Waals surface area contributed by atoms with Crippen LogP contribution in [0.4, 0.5) is 5.69 Å². The molecule has 2 heteroatoms. The number of nitrogens with one attached hydrogen (secondary N) is 1. The predicted octanol–water partition coefficient (Wildman–Crippen LogP) is 3.15. The molecular formula is C13H17NO. The van der Waals surface area contributed by atoms with Crippen LogP contribution in [0.1, 0.15) is 26.3 Å². The number of hydrogen-bond donors (Lipinski definition) is 1. The van der Waals surface area contributed by atoms with Gasteiger partial charge in [-0.25, -0.2) is 0 Å². The van der Waals surface area contributed by atoms with Gasteiger partial charge in [-0.05, 0) is 38.0 Å². The number of aryl methyl sites for hydroxylation is 1. The van der Waals surface area contributed by atoms with Crippen molar-refractivity contribution in [1.82, 2.24) is 0 Å². The van der Waals surface area contributed by atoms with Gasteiger partial charge in [0.2, 0.25) is 5.91 Å². The molecular weight excluding hydrogens is 186 g/mol. The molecule has 0 heterocycles. The van der Waals surface area contributed by atoms with Gasteiger partial charge in [0.1, 0.15) is 0 Å². The van der Waals surface area contributed by atoms with Gasteiger partial charge in [0.05, 0.1) is 0 Å². The maximum atomic E-state index is 11.4. The van der Waals surface area contributed by atoms with E-state index in [1.165, 1.54) is 5.56 Å². The molecule has 15 heavy (non-hydrogen) atoms. The normalized spacial score (nSPS) is 9.53. The minimum atomic E-state index is -0.0664. The molecule has 80 valence electrons. The molecule has 2 nitrogen and oxygen atoms in total. The minimum absolute atomic E-state index is 0.0664. The van der Waals surface area contributed by atoms with Gasteiger partial charge in [0.15, 0.2) is 0 Å². The van der Waals surface area contributed by atoms with Crippen LogP contribution in [0.2, 0.25) is 0 Å². The van der Waals surface area contributed by atoms with Gasteiger partial charge in [-0.3, -0.25) is 4.79 Å². The molecule has 0 fully saturated rings. The number of allylic oxidation sites excluding steroid dienone is 1. The third kappa shape index (κ3) is 3.98. The summed E-state index contributed by atoms with van der Waals surface area (Å²) in [5.74, 6) is -0.0664. The summed E-state index contributed by atoms with van der Waals surface area (Å²) >= 11 is 0. The Morgan fingerprint density at radius 2 is 2.13 bits per heavy atom. The smallest absolute Gasteiger partial charge is 0.248 e. The average molecular weight is 203 g/mol. The molecule has 0 aliphatic heterocycles. The molecule has 0 aromatic heterocycles. The average Bonchev–Trinajstić information content (AvgIpc) is 2.16. The fourth-order valence-electron chi connectivity index (χ4n) is 1.31. The van der Waals surface area contributed by atoms with Crippen LogP contribution in [0, 0.1) is 0 Å². The van der Waals surface area contributed by atoms with Crippen LogP contribution in [-0.2, 0) is 11.2 Å². The molecule has 0 spiro atoms. The molecule has 0 unspecified atom stereocenters. The van der Waals surface area contributed by atoms with E-state index in [-0.39, 0.29) is 5.91 Å². The Balaban J connectivity index is 2.72. The van der Waals surface area contributed by atoms with Crippen molar-refractivity contribution in [2.75, 3.05) is 5.32 Å². The predicted molar refractivity (Wildman–Crippen MR) is 63.9 cm³/mol. The van der Waals surface area contributed by atoms with Crippen LogP contribution in [0.3, 0.4) is 0 Å². The van der Waals surface area contributed by atoms with Crippen molar-refractivity contribution in [2.24, 2.45) is 0 Å². The molecule has 1 amide bonds. The maximum Gasteiger partial charge on any atom is 0.248 e. The van der Waals surface area contributed by atoms with Crippen LogP contribution in [-0.4, -0.2) is 5.91 Å². The molecule has 0 atom stereocenters. The molecule has 0 saturated heterocycles. The quantitative estimate of drug-likeness (QED) is 0.751. The summed E-state index contributed by atoms with van der Waals surface area (Å²) in [4.78, 5) is 11.4. The van der Waals surface area contributed by atoms with Crippen molar-refractivity contribution in [3.8, 4) is 0 Å². The van der Waals surface area contributed by atoms with Gasteiger partial charge in [-0.2, -0.15) is 0 Å². The van der Waals surface area contributed by atoms with Crippen molar-refractivity contribution < 1.29 is 4.79 Å². The number of anilines is 1. The Labute approximate surface area is 91.0 Å². The summed E-state index contributed by atoms with van der Waals surface area (Å²) in [7, 11) is 0. The lowest BCUT2D eigenvalue weighted by Gasteiger charge is -2.04. The lowest BCUT2D eigenvalue weighted by atomic mass is 10.1. The van der Waals surface area contributed by atoms with Gasteiger partial charge in [0, 0.05) is 11.8 Å². The first-order valence-electron chi connectivity index (χ1n) is 5.16. The number of hydrogen-bond acceptors (Lipinski definition) is 1. The zero-order valence-electron chi connectivity index (χ0n) is 9.50. The van der Waals surface area contributed by atoms with Crippen LogP contribution in [0.15, 0.2) is 35.9 Å². The van der Waals surface area contributed by atoms with Crippen LogP contribution >= 0.6 is 0 Å². The molecule has 1 aromatic carbocycles. The number of carbonyl (C=O) groups is 1. The fraction of sp³-hybridized carbons (Fsp3) is 0.308. The second kappa shape index (κ2) is 5.35. The topological polar surface area (TPSA) is 29.1 Å². The number of carbonyl (C=O) groups excluding carboxylic acids is 1. The standard InChI is InChI=1S/C13H17NO/c1-4-11-6-5-7-12(9-11)14-13(15)8-10(2)3/h5-9H,4H2,1-3H3,(H,14,15). The highest BCUT2D eigenvalue weighted by Crippen LogP contribution is 2.11. The van der Waals surface area contributed by atoms with E-state index in [4.69, 9.17) is 0 Å². The van der Waals surface area contributed by atoms with E-state index in [0.29, 0.717) is 0 Å². The third-order valence-electron chi connectivity index (χ3n) is 2.02. The van der Waals surface area contributed by atoms with Crippen molar-refractivity contribution in [1.29, 1.82) is 0 Å². The summed E-state index contributed by atoms with van der Waals surface area (Å²) in [6.45, 7) is 5.90. The first kappa shape index (κ1) is 11.5. The molecule has 1 rings (SSSR count). The van der Waals surface area contributed by atoms with E-state index in [9.17, 15) is 4.79 Å². The Morgan fingerprint density at radius 1 is 1.40 bits per heavy atom. The van der Waals surface area contributed by atoms with Crippen LogP contribution in [0.5, 0.6) is 0 Å². The molecule has 0 saturated carbocycles. The number of benzene rings is 1.